The molecule has 6 heteroatoms. The summed E-state index contributed by atoms with van der Waals surface area (Å²) in [5.41, 5.74) is 2.99. The van der Waals surface area contributed by atoms with E-state index >= 15 is 0 Å². The summed E-state index contributed by atoms with van der Waals surface area (Å²) >= 11 is 0. The first-order valence-corrected chi connectivity index (χ1v) is 12.0. The number of hydrogen-bond donors (Lipinski definition) is 0. The first-order chi connectivity index (χ1) is 15.8. The number of piperidine rings is 1. The Bertz CT molecular complexity index is 986. The predicted octanol–water partition coefficient (Wildman–Crippen LogP) is 4.28. The quantitative estimate of drug-likeness (QED) is 0.682. The van der Waals surface area contributed by atoms with E-state index in [2.05, 4.69) is 18.7 Å². The molecule has 176 valence electrons. The molecule has 2 amide bonds. The number of nitrogens with zero attached hydrogens (tertiary/aromatic N) is 3. The van der Waals surface area contributed by atoms with E-state index in [0.717, 1.165) is 42.7 Å². The van der Waals surface area contributed by atoms with Crippen LogP contribution in [0.4, 0.5) is 10.1 Å². The minimum absolute atomic E-state index is 0.0130. The molecule has 2 aliphatic heterocycles. The summed E-state index contributed by atoms with van der Waals surface area (Å²) in [6, 6.07) is 14.6. The first kappa shape index (κ1) is 23.4. The molecule has 1 unspecified atom stereocenters. The number of anilines is 1. The van der Waals surface area contributed by atoms with Crippen molar-refractivity contribution < 1.29 is 14.0 Å². The summed E-state index contributed by atoms with van der Waals surface area (Å²) in [7, 11) is 1.81. The van der Waals surface area contributed by atoms with E-state index in [1.165, 1.54) is 6.07 Å². The third kappa shape index (κ3) is 5.11. The van der Waals surface area contributed by atoms with Crippen LogP contribution in [0.25, 0.3) is 0 Å². The van der Waals surface area contributed by atoms with Gasteiger partial charge < -0.3 is 9.80 Å². The Labute approximate surface area is 196 Å². The van der Waals surface area contributed by atoms with Gasteiger partial charge in [0.25, 0.3) is 0 Å². The van der Waals surface area contributed by atoms with Gasteiger partial charge >= 0.3 is 0 Å². The number of para-hydroxylation sites is 1. The Balaban J connectivity index is 1.36. The molecule has 0 radical (unpaired) electrons. The van der Waals surface area contributed by atoms with Crippen molar-refractivity contribution in [2.45, 2.75) is 39.2 Å². The van der Waals surface area contributed by atoms with E-state index in [-0.39, 0.29) is 35.5 Å². The molecule has 1 fully saturated rings. The predicted molar refractivity (Wildman–Crippen MR) is 128 cm³/mol. The minimum atomic E-state index is -0.212. The fraction of sp³-hybridized carbons (Fsp3) is 0.481. The first-order valence-electron chi connectivity index (χ1n) is 12.0. The average molecular weight is 452 g/mol. The van der Waals surface area contributed by atoms with Crippen molar-refractivity contribution in [3.05, 3.63) is 65.5 Å². The normalized spacial score (nSPS) is 19.4. The second-order valence-corrected chi connectivity index (χ2v) is 9.65. The third-order valence-corrected chi connectivity index (χ3v) is 7.11. The number of rotatable bonds is 5. The molecule has 0 aliphatic carbocycles. The van der Waals surface area contributed by atoms with Crippen molar-refractivity contribution in [3.8, 4) is 0 Å². The van der Waals surface area contributed by atoms with Crippen LogP contribution < -0.4 is 4.90 Å². The fourth-order valence-electron chi connectivity index (χ4n) is 5.26. The van der Waals surface area contributed by atoms with Crippen molar-refractivity contribution in [1.82, 2.24) is 9.80 Å². The molecule has 2 aliphatic rings. The summed E-state index contributed by atoms with van der Waals surface area (Å²) in [5.74, 6) is 0.286. The van der Waals surface area contributed by atoms with Gasteiger partial charge in [0, 0.05) is 25.2 Å². The van der Waals surface area contributed by atoms with Gasteiger partial charge in [-0.25, -0.2) is 4.39 Å². The third-order valence-electron chi connectivity index (χ3n) is 7.11. The topological polar surface area (TPSA) is 43.9 Å². The lowest BCUT2D eigenvalue weighted by Crippen LogP contribution is -2.48. The monoisotopic (exact) mass is 451 g/mol. The second kappa shape index (κ2) is 10.0. The molecule has 4 rings (SSSR count). The molecular formula is C27H34FN3O2. The SMILES string of the molecule is CC(C)C1c2ccc(F)cc2CCN1C(=O)C1CCN(CC(=O)N(C)c2ccccc2)CC1. The summed E-state index contributed by atoms with van der Waals surface area (Å²) in [5, 5.41) is 0. The number of carbonyl (C=O) groups excluding carboxylic acids is 2. The maximum atomic E-state index is 13.7. The van der Waals surface area contributed by atoms with Crippen LogP contribution >= 0.6 is 0 Å². The molecule has 2 aromatic carbocycles. The molecule has 1 saturated heterocycles. The van der Waals surface area contributed by atoms with Gasteiger partial charge in [-0.3, -0.25) is 14.5 Å². The number of amides is 2. The minimum Gasteiger partial charge on any atom is -0.335 e. The van der Waals surface area contributed by atoms with Gasteiger partial charge in [-0.15, -0.1) is 0 Å². The summed E-state index contributed by atoms with van der Waals surface area (Å²) < 4.78 is 13.7. The molecular weight excluding hydrogens is 417 g/mol. The van der Waals surface area contributed by atoms with Gasteiger partial charge in [-0.05, 0) is 73.7 Å². The van der Waals surface area contributed by atoms with Crippen molar-refractivity contribution in [2.75, 3.05) is 38.1 Å². The zero-order valence-electron chi connectivity index (χ0n) is 19.8. The summed E-state index contributed by atoms with van der Waals surface area (Å²) in [6.45, 7) is 6.74. The molecule has 5 nitrogen and oxygen atoms in total. The number of likely N-dealkylation sites (tertiary alicyclic amines) is 1. The van der Waals surface area contributed by atoms with E-state index < -0.39 is 0 Å². The van der Waals surface area contributed by atoms with E-state index in [1.807, 2.05) is 41.3 Å². The molecule has 2 aromatic rings. The van der Waals surface area contributed by atoms with E-state index in [4.69, 9.17) is 0 Å². The van der Waals surface area contributed by atoms with Crippen molar-refractivity contribution in [3.63, 3.8) is 0 Å². The zero-order chi connectivity index (χ0) is 23.5. The number of fused-ring (bicyclic) bond motifs is 1. The van der Waals surface area contributed by atoms with Crippen LogP contribution in [-0.4, -0.2) is 54.8 Å². The Kier molecular flexibility index (Phi) is 7.13. The lowest BCUT2D eigenvalue weighted by molar-refractivity contribution is -0.141. The van der Waals surface area contributed by atoms with Gasteiger partial charge in [-0.1, -0.05) is 38.1 Å². The van der Waals surface area contributed by atoms with Crippen molar-refractivity contribution in [2.24, 2.45) is 11.8 Å². The molecule has 0 N–H and O–H groups in total. The zero-order valence-corrected chi connectivity index (χ0v) is 19.8. The van der Waals surface area contributed by atoms with Gasteiger partial charge in [-0.2, -0.15) is 0 Å². The maximum absolute atomic E-state index is 13.7. The summed E-state index contributed by atoms with van der Waals surface area (Å²) in [4.78, 5) is 32.1. The van der Waals surface area contributed by atoms with Crippen LogP contribution in [0.5, 0.6) is 0 Å². The number of likely N-dealkylation sites (N-methyl/N-ethyl adjacent to an activating group) is 1. The molecule has 0 aromatic heterocycles. The highest BCUT2D eigenvalue weighted by Crippen LogP contribution is 2.37. The number of carbonyl (C=O) groups is 2. The Morgan fingerprint density at radius 2 is 1.76 bits per heavy atom. The van der Waals surface area contributed by atoms with Gasteiger partial charge in [0.15, 0.2) is 0 Å². The van der Waals surface area contributed by atoms with Gasteiger partial charge in [0.2, 0.25) is 11.8 Å². The van der Waals surface area contributed by atoms with Crippen LogP contribution in [0.2, 0.25) is 0 Å². The molecule has 2 heterocycles. The van der Waals surface area contributed by atoms with Gasteiger partial charge in [0.05, 0.1) is 12.6 Å². The standard InChI is InChI=1S/C27H34FN3O2/c1-19(2)26-24-10-9-22(28)17-21(24)13-16-31(26)27(33)20-11-14-30(15-12-20)18-25(32)29(3)23-7-5-4-6-8-23/h4-10,17,19-20,26H,11-16,18H2,1-3H3. The lowest BCUT2D eigenvalue weighted by atomic mass is 9.84. The second-order valence-electron chi connectivity index (χ2n) is 9.65. The molecule has 0 spiro atoms. The highest BCUT2D eigenvalue weighted by Gasteiger charge is 2.37. The van der Waals surface area contributed by atoms with Crippen LogP contribution in [0, 0.1) is 17.7 Å². The highest BCUT2D eigenvalue weighted by atomic mass is 19.1. The summed E-state index contributed by atoms with van der Waals surface area (Å²) in [6.07, 6.45) is 2.22. The van der Waals surface area contributed by atoms with Gasteiger partial charge in [0.1, 0.15) is 5.82 Å². The molecule has 1 atom stereocenters. The number of hydrogen-bond acceptors (Lipinski definition) is 3. The molecule has 0 bridgehead atoms. The Morgan fingerprint density at radius 1 is 1.06 bits per heavy atom. The van der Waals surface area contributed by atoms with Crippen LogP contribution in [0.3, 0.4) is 0 Å². The van der Waals surface area contributed by atoms with Crippen LogP contribution in [0.1, 0.15) is 43.9 Å². The Hall–Kier alpha value is -2.73. The smallest absolute Gasteiger partial charge is 0.240 e. The van der Waals surface area contributed by atoms with E-state index in [1.54, 1.807) is 18.0 Å². The average Bonchev–Trinajstić information content (AvgIpc) is 2.83. The van der Waals surface area contributed by atoms with Crippen LogP contribution in [0.15, 0.2) is 48.5 Å². The Morgan fingerprint density at radius 3 is 2.42 bits per heavy atom. The lowest BCUT2D eigenvalue weighted by Gasteiger charge is -2.42. The highest BCUT2D eigenvalue weighted by molar-refractivity contribution is 5.94. The maximum Gasteiger partial charge on any atom is 0.240 e. The molecule has 33 heavy (non-hydrogen) atoms. The fourth-order valence-corrected chi connectivity index (χ4v) is 5.26. The van der Waals surface area contributed by atoms with E-state index in [9.17, 15) is 14.0 Å². The largest absolute Gasteiger partial charge is 0.335 e. The van der Waals surface area contributed by atoms with Crippen molar-refractivity contribution in [1.29, 1.82) is 0 Å². The number of halogens is 1. The number of benzene rings is 2. The van der Waals surface area contributed by atoms with E-state index in [0.29, 0.717) is 19.5 Å². The van der Waals surface area contributed by atoms with Crippen molar-refractivity contribution >= 4 is 17.5 Å². The van der Waals surface area contributed by atoms with Crippen LogP contribution in [-0.2, 0) is 16.0 Å². The molecule has 0 saturated carbocycles.